The summed E-state index contributed by atoms with van der Waals surface area (Å²) >= 11 is 0. The second kappa shape index (κ2) is 5.71. The summed E-state index contributed by atoms with van der Waals surface area (Å²) in [7, 11) is -3.66. The van der Waals surface area contributed by atoms with Crippen LogP contribution in [0.4, 0.5) is 0 Å². The molecule has 2 heterocycles. The van der Waals surface area contributed by atoms with Crippen LogP contribution in [0, 0.1) is 13.8 Å². The lowest BCUT2D eigenvalue weighted by Crippen LogP contribution is -2.27. The zero-order valence-electron chi connectivity index (χ0n) is 12.8. The third-order valence-electron chi connectivity index (χ3n) is 3.75. The molecule has 0 saturated heterocycles. The summed E-state index contributed by atoms with van der Waals surface area (Å²) in [5, 5.41) is 0. The van der Waals surface area contributed by atoms with Crippen LogP contribution >= 0.6 is 0 Å². The van der Waals surface area contributed by atoms with Crippen molar-refractivity contribution in [3.05, 3.63) is 52.3 Å². The van der Waals surface area contributed by atoms with Gasteiger partial charge in [0.15, 0.2) is 5.58 Å². The first kappa shape index (κ1) is 15.6. The zero-order valence-corrected chi connectivity index (χ0v) is 13.6. The van der Waals surface area contributed by atoms with E-state index in [-0.39, 0.29) is 17.0 Å². The van der Waals surface area contributed by atoms with Crippen LogP contribution in [0.3, 0.4) is 0 Å². The Labute approximate surface area is 133 Å². The number of hydrogen-bond acceptors (Lipinski definition) is 4. The Hall–Kier alpha value is -2.32. The minimum Gasteiger partial charge on any atom is -0.408 e. The van der Waals surface area contributed by atoms with E-state index in [2.05, 4.69) is 9.71 Å². The van der Waals surface area contributed by atoms with Gasteiger partial charge in [-0.2, -0.15) is 0 Å². The Morgan fingerprint density at radius 1 is 1.17 bits per heavy atom. The Bertz CT molecular complexity index is 991. The molecule has 23 heavy (non-hydrogen) atoms. The van der Waals surface area contributed by atoms with Gasteiger partial charge < -0.3 is 8.98 Å². The summed E-state index contributed by atoms with van der Waals surface area (Å²) in [6.45, 7) is 4.77. The van der Waals surface area contributed by atoms with Crippen LogP contribution in [-0.2, 0) is 16.6 Å². The van der Waals surface area contributed by atoms with Crippen molar-refractivity contribution < 1.29 is 12.8 Å². The molecule has 0 aliphatic rings. The Morgan fingerprint density at radius 3 is 2.57 bits per heavy atom. The van der Waals surface area contributed by atoms with Crippen molar-refractivity contribution in [2.75, 3.05) is 6.54 Å². The number of aryl methyl sites for hydroxylation is 2. The Kier molecular flexibility index (Phi) is 3.87. The van der Waals surface area contributed by atoms with Crippen LogP contribution in [0.5, 0.6) is 0 Å². The van der Waals surface area contributed by atoms with Crippen LogP contribution in [-0.4, -0.2) is 24.5 Å². The first-order valence-electron chi connectivity index (χ1n) is 7.12. The number of benzene rings is 1. The molecule has 2 N–H and O–H groups in total. The highest BCUT2D eigenvalue weighted by molar-refractivity contribution is 7.89. The maximum atomic E-state index is 12.3. The Morgan fingerprint density at radius 2 is 1.87 bits per heavy atom. The standard InChI is InChI=1S/C15H17N3O4S/c1-10-3-4-11(2)18(10)8-7-16-23(20,21)12-5-6-13-14(9-12)22-15(19)17-13/h3-6,9,16H,7-8H2,1-2H3,(H,17,19). The predicted octanol–water partition coefficient (Wildman–Crippen LogP) is 1.52. The van der Waals surface area contributed by atoms with Crippen LogP contribution < -0.4 is 10.5 Å². The smallest absolute Gasteiger partial charge is 0.408 e. The van der Waals surface area contributed by atoms with Gasteiger partial charge in [0, 0.05) is 30.5 Å². The van der Waals surface area contributed by atoms with E-state index in [0.29, 0.717) is 12.1 Å². The van der Waals surface area contributed by atoms with Crippen molar-refractivity contribution in [3.63, 3.8) is 0 Å². The third-order valence-corrected chi connectivity index (χ3v) is 5.21. The molecule has 122 valence electrons. The van der Waals surface area contributed by atoms with E-state index < -0.39 is 15.8 Å². The number of aromatic amines is 1. The lowest BCUT2D eigenvalue weighted by Gasteiger charge is -2.11. The van der Waals surface area contributed by atoms with Crippen molar-refractivity contribution >= 4 is 21.1 Å². The van der Waals surface area contributed by atoms with Gasteiger partial charge in [0.25, 0.3) is 0 Å². The molecule has 0 fully saturated rings. The number of H-pyrrole nitrogens is 1. The molecule has 1 aromatic carbocycles. The zero-order chi connectivity index (χ0) is 16.6. The molecule has 0 aliphatic carbocycles. The average Bonchev–Trinajstić information content (AvgIpc) is 3.01. The van der Waals surface area contributed by atoms with Crippen molar-refractivity contribution in [1.29, 1.82) is 0 Å². The van der Waals surface area contributed by atoms with Crippen LogP contribution in [0.1, 0.15) is 11.4 Å². The van der Waals surface area contributed by atoms with Crippen molar-refractivity contribution in [1.82, 2.24) is 14.3 Å². The van der Waals surface area contributed by atoms with Crippen LogP contribution in [0.2, 0.25) is 0 Å². The fraction of sp³-hybridized carbons (Fsp3) is 0.267. The Balaban J connectivity index is 1.76. The van der Waals surface area contributed by atoms with Crippen molar-refractivity contribution in [2.24, 2.45) is 0 Å². The number of fused-ring (bicyclic) bond motifs is 1. The highest BCUT2D eigenvalue weighted by Crippen LogP contribution is 2.16. The van der Waals surface area contributed by atoms with Crippen LogP contribution in [0.15, 0.2) is 44.4 Å². The number of hydrogen-bond donors (Lipinski definition) is 2. The molecule has 0 saturated carbocycles. The summed E-state index contributed by atoms with van der Waals surface area (Å²) < 4.78 is 34.2. The number of rotatable bonds is 5. The summed E-state index contributed by atoms with van der Waals surface area (Å²) in [5.41, 5.74) is 2.84. The molecular formula is C15H17N3O4S. The molecule has 0 radical (unpaired) electrons. The van der Waals surface area contributed by atoms with Crippen LogP contribution in [0.25, 0.3) is 11.1 Å². The quantitative estimate of drug-likeness (QED) is 0.739. The monoisotopic (exact) mass is 335 g/mol. The molecular weight excluding hydrogens is 318 g/mol. The van der Waals surface area contributed by atoms with Gasteiger partial charge in [-0.1, -0.05) is 0 Å². The minimum absolute atomic E-state index is 0.0636. The second-order valence-electron chi connectivity index (χ2n) is 5.34. The fourth-order valence-corrected chi connectivity index (χ4v) is 3.56. The lowest BCUT2D eigenvalue weighted by molar-refractivity contribution is 0.552. The second-order valence-corrected chi connectivity index (χ2v) is 7.10. The van der Waals surface area contributed by atoms with E-state index in [1.54, 1.807) is 0 Å². The van der Waals surface area contributed by atoms with Gasteiger partial charge in [0.1, 0.15) is 0 Å². The maximum absolute atomic E-state index is 12.3. The van der Waals surface area contributed by atoms with E-state index in [1.807, 2.05) is 30.5 Å². The molecule has 0 aliphatic heterocycles. The average molecular weight is 335 g/mol. The van der Waals surface area contributed by atoms with E-state index >= 15 is 0 Å². The number of nitrogens with one attached hydrogen (secondary N) is 2. The van der Waals surface area contributed by atoms with Gasteiger partial charge in [-0.05, 0) is 38.1 Å². The first-order chi connectivity index (χ1) is 10.9. The highest BCUT2D eigenvalue weighted by Gasteiger charge is 2.15. The summed E-state index contributed by atoms with van der Waals surface area (Å²) in [6.07, 6.45) is 0. The molecule has 3 aromatic rings. The number of sulfonamides is 1. The largest absolute Gasteiger partial charge is 0.417 e. The molecule has 7 nitrogen and oxygen atoms in total. The molecule has 3 rings (SSSR count). The van der Waals surface area contributed by atoms with Gasteiger partial charge in [0.2, 0.25) is 10.0 Å². The summed E-state index contributed by atoms with van der Waals surface area (Å²) in [6, 6.07) is 8.26. The van der Waals surface area contributed by atoms with Gasteiger partial charge in [-0.15, -0.1) is 0 Å². The highest BCUT2D eigenvalue weighted by atomic mass is 32.2. The molecule has 0 spiro atoms. The molecule has 0 atom stereocenters. The number of nitrogens with zero attached hydrogens (tertiary/aromatic N) is 1. The fourth-order valence-electron chi connectivity index (χ4n) is 2.52. The lowest BCUT2D eigenvalue weighted by atomic mass is 10.3. The topological polar surface area (TPSA) is 97.1 Å². The molecule has 8 heteroatoms. The van der Waals surface area contributed by atoms with E-state index in [9.17, 15) is 13.2 Å². The van der Waals surface area contributed by atoms with Gasteiger partial charge in [-0.25, -0.2) is 17.9 Å². The summed E-state index contributed by atoms with van der Waals surface area (Å²) in [4.78, 5) is 13.7. The molecule has 0 amide bonds. The maximum Gasteiger partial charge on any atom is 0.417 e. The van der Waals surface area contributed by atoms with Gasteiger partial charge >= 0.3 is 5.76 Å². The number of oxazole rings is 1. The van der Waals surface area contributed by atoms with E-state index in [4.69, 9.17) is 4.42 Å². The SMILES string of the molecule is Cc1ccc(C)n1CCNS(=O)(=O)c1ccc2[nH]c(=O)oc2c1. The number of aromatic nitrogens is 2. The first-order valence-corrected chi connectivity index (χ1v) is 8.60. The normalized spacial score (nSPS) is 12.1. The third kappa shape index (κ3) is 3.08. The van der Waals surface area contributed by atoms with Gasteiger partial charge in [0.05, 0.1) is 10.4 Å². The van der Waals surface area contributed by atoms with E-state index in [1.165, 1.54) is 18.2 Å². The summed E-state index contributed by atoms with van der Waals surface area (Å²) in [5.74, 6) is -0.610. The van der Waals surface area contributed by atoms with Gasteiger partial charge in [-0.3, -0.25) is 4.98 Å². The molecule has 2 aromatic heterocycles. The molecule has 0 bridgehead atoms. The van der Waals surface area contributed by atoms with E-state index in [0.717, 1.165) is 11.4 Å². The predicted molar refractivity (Wildman–Crippen MR) is 85.9 cm³/mol. The van der Waals surface area contributed by atoms with Crippen molar-refractivity contribution in [3.8, 4) is 0 Å². The minimum atomic E-state index is -3.66. The van der Waals surface area contributed by atoms with Crippen molar-refractivity contribution in [2.45, 2.75) is 25.3 Å². The molecule has 0 unspecified atom stereocenters.